The molecule has 7 heteroatoms. The van der Waals surface area contributed by atoms with Gasteiger partial charge in [0.05, 0.1) is 17.9 Å². The van der Waals surface area contributed by atoms with Crippen LogP contribution in [0.4, 0.5) is 5.82 Å². The fraction of sp³-hybridized carbons (Fsp3) is 0.346. The molecular weight excluding hydrogens is 436 g/mol. The third kappa shape index (κ3) is 6.45. The van der Waals surface area contributed by atoms with E-state index in [2.05, 4.69) is 12.2 Å². The van der Waals surface area contributed by atoms with Crippen LogP contribution in [0.2, 0.25) is 5.02 Å². The van der Waals surface area contributed by atoms with Gasteiger partial charge in [-0.15, -0.1) is 0 Å². The van der Waals surface area contributed by atoms with E-state index in [9.17, 15) is 9.59 Å². The van der Waals surface area contributed by atoms with Crippen LogP contribution in [0, 0.1) is 5.41 Å². The normalized spacial score (nSPS) is 11.3. The van der Waals surface area contributed by atoms with Crippen LogP contribution < -0.4 is 5.32 Å². The van der Waals surface area contributed by atoms with Crippen molar-refractivity contribution in [1.29, 1.82) is 0 Å². The molecule has 3 rings (SSSR count). The van der Waals surface area contributed by atoms with Gasteiger partial charge in [-0.3, -0.25) is 9.59 Å². The number of nitrogens with one attached hydrogen (secondary N) is 1. The Morgan fingerprint density at radius 1 is 1.06 bits per heavy atom. The van der Waals surface area contributed by atoms with Gasteiger partial charge in [0.2, 0.25) is 11.8 Å². The fourth-order valence-electron chi connectivity index (χ4n) is 3.43. The number of nitrogens with zero attached hydrogens (tertiary/aromatic N) is 3. The van der Waals surface area contributed by atoms with Crippen molar-refractivity contribution < 1.29 is 9.59 Å². The van der Waals surface area contributed by atoms with E-state index >= 15 is 0 Å². The molecule has 1 aromatic heterocycles. The Labute approximate surface area is 200 Å². The summed E-state index contributed by atoms with van der Waals surface area (Å²) in [6, 6.07) is 18.8. The van der Waals surface area contributed by atoms with Crippen molar-refractivity contribution in [3.05, 3.63) is 65.7 Å². The quantitative estimate of drug-likeness (QED) is 0.455. The minimum absolute atomic E-state index is 0.0113. The molecule has 0 saturated carbocycles. The Balaban J connectivity index is 1.89. The highest BCUT2D eigenvalue weighted by Crippen LogP contribution is 2.26. The van der Waals surface area contributed by atoms with E-state index in [1.54, 1.807) is 21.7 Å². The van der Waals surface area contributed by atoms with E-state index in [0.717, 1.165) is 29.8 Å². The molecule has 1 N–H and O–H groups in total. The first-order chi connectivity index (χ1) is 15.7. The maximum atomic E-state index is 13.0. The molecule has 0 bridgehead atoms. The largest absolute Gasteiger partial charge is 0.333 e. The molecule has 1 heterocycles. The molecule has 2 amide bonds. The number of amides is 2. The minimum atomic E-state index is -0.556. The van der Waals surface area contributed by atoms with Crippen molar-refractivity contribution >= 4 is 29.2 Å². The third-order valence-corrected chi connectivity index (χ3v) is 5.41. The molecule has 0 aliphatic carbocycles. The molecule has 0 saturated heterocycles. The predicted molar refractivity (Wildman–Crippen MR) is 134 cm³/mol. The molecule has 33 heavy (non-hydrogen) atoms. The van der Waals surface area contributed by atoms with Gasteiger partial charge in [0, 0.05) is 28.6 Å². The zero-order valence-electron chi connectivity index (χ0n) is 19.6. The average Bonchev–Trinajstić information content (AvgIpc) is 3.20. The third-order valence-electron chi connectivity index (χ3n) is 5.16. The summed E-state index contributed by atoms with van der Waals surface area (Å²) >= 11 is 6.05. The zero-order valence-corrected chi connectivity index (χ0v) is 20.4. The SMILES string of the molecule is CCCCN(CC(=O)Nc1cc(-c2ccccc2)nn1-c1ccc(Cl)cc1)C(=O)C(C)(C)C. The topological polar surface area (TPSA) is 67.2 Å². The highest BCUT2D eigenvalue weighted by molar-refractivity contribution is 6.30. The van der Waals surface area contributed by atoms with Gasteiger partial charge in [-0.25, -0.2) is 4.68 Å². The number of benzene rings is 2. The first-order valence-electron chi connectivity index (χ1n) is 11.2. The lowest BCUT2D eigenvalue weighted by molar-refractivity contribution is -0.141. The van der Waals surface area contributed by atoms with Gasteiger partial charge in [0.15, 0.2) is 0 Å². The van der Waals surface area contributed by atoms with Crippen molar-refractivity contribution in [3.8, 4) is 16.9 Å². The van der Waals surface area contributed by atoms with Crippen molar-refractivity contribution in [2.24, 2.45) is 5.41 Å². The van der Waals surface area contributed by atoms with E-state index in [1.165, 1.54) is 0 Å². The van der Waals surface area contributed by atoms with Gasteiger partial charge in [0.25, 0.3) is 0 Å². The van der Waals surface area contributed by atoms with Crippen LogP contribution in [0.1, 0.15) is 40.5 Å². The van der Waals surface area contributed by atoms with Gasteiger partial charge in [-0.2, -0.15) is 5.10 Å². The summed E-state index contributed by atoms with van der Waals surface area (Å²) in [5.74, 6) is 0.223. The summed E-state index contributed by atoms with van der Waals surface area (Å²) in [7, 11) is 0. The molecule has 0 aliphatic rings. The molecule has 0 aliphatic heterocycles. The second-order valence-electron chi connectivity index (χ2n) is 9.05. The molecule has 6 nitrogen and oxygen atoms in total. The summed E-state index contributed by atoms with van der Waals surface area (Å²) in [5.41, 5.74) is 1.88. The summed E-state index contributed by atoms with van der Waals surface area (Å²) in [5, 5.41) is 8.29. The van der Waals surface area contributed by atoms with Crippen molar-refractivity contribution in [3.63, 3.8) is 0 Å². The van der Waals surface area contributed by atoms with Gasteiger partial charge >= 0.3 is 0 Å². The number of aromatic nitrogens is 2. The molecule has 0 radical (unpaired) electrons. The first-order valence-corrected chi connectivity index (χ1v) is 11.6. The van der Waals surface area contributed by atoms with E-state index in [-0.39, 0.29) is 18.4 Å². The van der Waals surface area contributed by atoms with Crippen LogP contribution in [-0.4, -0.2) is 39.6 Å². The molecule has 0 atom stereocenters. The first kappa shape index (κ1) is 24.5. The summed E-state index contributed by atoms with van der Waals surface area (Å²) in [6.45, 7) is 8.21. The van der Waals surface area contributed by atoms with Gasteiger partial charge < -0.3 is 10.2 Å². The van der Waals surface area contributed by atoms with Crippen molar-refractivity contribution in [2.75, 3.05) is 18.4 Å². The lowest BCUT2D eigenvalue weighted by Crippen LogP contribution is -2.44. The number of carbonyl (C=O) groups excluding carboxylic acids is 2. The molecule has 3 aromatic rings. The number of anilines is 1. The second-order valence-corrected chi connectivity index (χ2v) is 9.48. The summed E-state index contributed by atoms with van der Waals surface area (Å²) < 4.78 is 1.68. The van der Waals surface area contributed by atoms with E-state index < -0.39 is 5.41 Å². The molecule has 0 unspecified atom stereocenters. The standard InChI is InChI=1S/C26H31ClN4O2/c1-5-6-16-30(25(33)26(2,3)4)18-24(32)28-23-17-22(19-10-8-7-9-11-19)29-31(23)21-14-12-20(27)13-15-21/h7-15,17H,5-6,16,18H2,1-4H3,(H,28,32). The number of hydrogen-bond acceptors (Lipinski definition) is 3. The highest BCUT2D eigenvalue weighted by Gasteiger charge is 2.28. The Bertz CT molecular complexity index is 1090. The molecule has 174 valence electrons. The van der Waals surface area contributed by atoms with E-state index in [1.807, 2.05) is 69.3 Å². The monoisotopic (exact) mass is 466 g/mol. The number of halogens is 1. The van der Waals surface area contributed by atoms with Crippen LogP contribution in [0.3, 0.4) is 0 Å². The Hall–Kier alpha value is -3.12. The maximum Gasteiger partial charge on any atom is 0.245 e. The summed E-state index contributed by atoms with van der Waals surface area (Å²) in [4.78, 5) is 27.6. The Morgan fingerprint density at radius 3 is 2.33 bits per heavy atom. The molecule has 2 aromatic carbocycles. The Morgan fingerprint density at radius 2 is 1.73 bits per heavy atom. The lowest BCUT2D eigenvalue weighted by Gasteiger charge is -2.29. The summed E-state index contributed by atoms with van der Waals surface area (Å²) in [6.07, 6.45) is 1.79. The lowest BCUT2D eigenvalue weighted by atomic mass is 9.94. The van der Waals surface area contributed by atoms with E-state index in [4.69, 9.17) is 16.7 Å². The van der Waals surface area contributed by atoms with Crippen molar-refractivity contribution in [1.82, 2.24) is 14.7 Å². The number of rotatable bonds is 8. The smallest absolute Gasteiger partial charge is 0.245 e. The van der Waals surface area contributed by atoms with Gasteiger partial charge in [-0.05, 0) is 30.7 Å². The zero-order chi connectivity index (χ0) is 24.0. The Kier molecular flexibility index (Phi) is 7.92. The molecular formula is C26H31ClN4O2. The van der Waals surface area contributed by atoms with Gasteiger partial charge in [0.1, 0.15) is 5.82 Å². The maximum absolute atomic E-state index is 13.0. The molecule has 0 fully saturated rings. The van der Waals surface area contributed by atoms with Crippen LogP contribution >= 0.6 is 11.6 Å². The average molecular weight is 467 g/mol. The highest BCUT2D eigenvalue weighted by atomic mass is 35.5. The predicted octanol–water partition coefficient (Wildman–Crippen LogP) is 5.81. The molecule has 0 spiro atoms. The van der Waals surface area contributed by atoms with Crippen LogP contribution in [0.15, 0.2) is 60.7 Å². The van der Waals surface area contributed by atoms with Gasteiger partial charge in [-0.1, -0.05) is 76.0 Å². The fourth-order valence-corrected chi connectivity index (χ4v) is 3.56. The van der Waals surface area contributed by atoms with Crippen LogP contribution in [-0.2, 0) is 9.59 Å². The van der Waals surface area contributed by atoms with Crippen molar-refractivity contribution in [2.45, 2.75) is 40.5 Å². The van der Waals surface area contributed by atoms with Crippen LogP contribution in [0.5, 0.6) is 0 Å². The number of hydrogen-bond donors (Lipinski definition) is 1. The minimum Gasteiger partial charge on any atom is -0.333 e. The number of carbonyl (C=O) groups is 2. The second kappa shape index (κ2) is 10.7. The van der Waals surface area contributed by atoms with E-state index in [0.29, 0.717) is 17.4 Å². The van der Waals surface area contributed by atoms with Crippen LogP contribution in [0.25, 0.3) is 16.9 Å². The number of unbranched alkanes of at least 4 members (excludes halogenated alkanes) is 1.